The topological polar surface area (TPSA) is 55.6 Å². The van der Waals surface area contributed by atoms with E-state index in [2.05, 4.69) is 0 Å². The number of hydrogen-bond acceptors (Lipinski definition) is 3. The molecule has 1 aromatic rings. The first-order valence-electron chi connectivity index (χ1n) is 6.45. The van der Waals surface area contributed by atoms with E-state index < -0.39 is 0 Å². The molecule has 1 amide bonds. The van der Waals surface area contributed by atoms with Crippen LogP contribution in [0.25, 0.3) is 0 Å². The van der Waals surface area contributed by atoms with Crippen LogP contribution in [0.3, 0.4) is 0 Å². The first-order valence-corrected chi connectivity index (χ1v) is 6.45. The highest BCUT2D eigenvalue weighted by Gasteiger charge is 2.36. The summed E-state index contributed by atoms with van der Waals surface area (Å²) in [6.07, 6.45) is 2.58. The van der Waals surface area contributed by atoms with Crippen LogP contribution in [-0.2, 0) is 4.74 Å². The van der Waals surface area contributed by atoms with E-state index in [9.17, 15) is 4.79 Å². The van der Waals surface area contributed by atoms with Crippen molar-refractivity contribution in [3.05, 3.63) is 29.3 Å². The molecule has 0 radical (unpaired) electrons. The van der Waals surface area contributed by atoms with Crippen LogP contribution in [0.5, 0.6) is 0 Å². The summed E-state index contributed by atoms with van der Waals surface area (Å²) in [6, 6.07) is 5.62. The lowest BCUT2D eigenvalue weighted by molar-refractivity contribution is -0.0303. The lowest BCUT2D eigenvalue weighted by Crippen LogP contribution is -2.46. The summed E-state index contributed by atoms with van der Waals surface area (Å²) >= 11 is 0. The molecule has 2 aliphatic rings. The Balaban J connectivity index is 1.84. The van der Waals surface area contributed by atoms with Crippen molar-refractivity contribution in [2.75, 3.05) is 18.8 Å². The number of para-hydroxylation sites is 1. The molecule has 1 aromatic carbocycles. The number of hydrogen-bond donors (Lipinski definition) is 1. The van der Waals surface area contributed by atoms with Gasteiger partial charge in [-0.2, -0.15) is 0 Å². The standard InChI is InChI=1S/C14H18N2O2/c1-9-3-2-4-12(13(9)15)14(17)16-7-10-5-6-11(8-16)18-10/h2-4,10-11H,5-8,15H2,1H3. The zero-order valence-electron chi connectivity index (χ0n) is 10.6. The number of carbonyl (C=O) groups excluding carboxylic acids is 1. The van der Waals surface area contributed by atoms with Crippen molar-refractivity contribution in [1.29, 1.82) is 0 Å². The van der Waals surface area contributed by atoms with Crippen LogP contribution in [0, 0.1) is 6.92 Å². The van der Waals surface area contributed by atoms with E-state index in [4.69, 9.17) is 10.5 Å². The average Bonchev–Trinajstić information content (AvgIpc) is 2.71. The maximum atomic E-state index is 12.5. The summed E-state index contributed by atoms with van der Waals surface area (Å²) in [6.45, 7) is 3.32. The highest BCUT2D eigenvalue weighted by molar-refractivity contribution is 5.99. The van der Waals surface area contributed by atoms with Crippen molar-refractivity contribution in [2.45, 2.75) is 32.0 Å². The summed E-state index contributed by atoms with van der Waals surface area (Å²) in [5, 5.41) is 0. The van der Waals surface area contributed by atoms with Crippen LogP contribution >= 0.6 is 0 Å². The van der Waals surface area contributed by atoms with Gasteiger partial charge in [0.2, 0.25) is 0 Å². The smallest absolute Gasteiger partial charge is 0.256 e. The third-order valence-corrected chi connectivity index (χ3v) is 3.89. The molecule has 0 saturated carbocycles. The molecule has 0 aromatic heterocycles. The van der Waals surface area contributed by atoms with Gasteiger partial charge in [0.05, 0.1) is 17.8 Å². The normalized spacial score (nSPS) is 26.4. The van der Waals surface area contributed by atoms with E-state index in [0.717, 1.165) is 18.4 Å². The van der Waals surface area contributed by atoms with Crippen molar-refractivity contribution in [1.82, 2.24) is 4.90 Å². The third-order valence-electron chi connectivity index (χ3n) is 3.89. The number of likely N-dealkylation sites (tertiary alicyclic amines) is 1. The van der Waals surface area contributed by atoms with Crippen molar-refractivity contribution < 1.29 is 9.53 Å². The molecule has 2 unspecified atom stereocenters. The molecule has 2 N–H and O–H groups in total. The lowest BCUT2D eigenvalue weighted by atomic mass is 10.1. The van der Waals surface area contributed by atoms with Gasteiger partial charge in [0.1, 0.15) is 0 Å². The van der Waals surface area contributed by atoms with E-state index in [1.807, 2.05) is 30.0 Å². The van der Waals surface area contributed by atoms with Gasteiger partial charge in [-0.25, -0.2) is 0 Å². The summed E-state index contributed by atoms with van der Waals surface area (Å²) in [4.78, 5) is 14.4. The minimum Gasteiger partial charge on any atom is -0.398 e. The van der Waals surface area contributed by atoms with Gasteiger partial charge in [-0.1, -0.05) is 12.1 Å². The van der Waals surface area contributed by atoms with Gasteiger partial charge >= 0.3 is 0 Å². The third kappa shape index (κ3) is 1.86. The van der Waals surface area contributed by atoms with E-state index in [1.54, 1.807) is 0 Å². The molecular formula is C14H18N2O2. The molecule has 2 bridgehead atoms. The van der Waals surface area contributed by atoms with Gasteiger partial charge in [0.15, 0.2) is 0 Å². The van der Waals surface area contributed by atoms with E-state index in [-0.39, 0.29) is 18.1 Å². The Bertz CT molecular complexity index is 475. The zero-order valence-corrected chi connectivity index (χ0v) is 10.6. The first-order chi connectivity index (χ1) is 8.65. The minimum atomic E-state index is 0.0383. The summed E-state index contributed by atoms with van der Waals surface area (Å²) in [5.41, 5.74) is 8.17. The number of nitrogens with two attached hydrogens (primary N) is 1. The van der Waals surface area contributed by atoms with Crippen molar-refractivity contribution >= 4 is 11.6 Å². The molecule has 96 valence electrons. The van der Waals surface area contributed by atoms with Gasteiger partial charge in [-0.15, -0.1) is 0 Å². The zero-order chi connectivity index (χ0) is 12.7. The lowest BCUT2D eigenvalue weighted by Gasteiger charge is -2.32. The molecule has 4 heteroatoms. The molecule has 0 spiro atoms. The first kappa shape index (κ1) is 11.5. The van der Waals surface area contributed by atoms with Gasteiger partial charge in [0, 0.05) is 18.8 Å². The minimum absolute atomic E-state index is 0.0383. The van der Waals surface area contributed by atoms with Crippen LogP contribution in [0.15, 0.2) is 18.2 Å². The van der Waals surface area contributed by atoms with Crippen LogP contribution in [0.1, 0.15) is 28.8 Å². The molecule has 0 aliphatic carbocycles. The number of aryl methyl sites for hydroxylation is 1. The highest BCUT2D eigenvalue weighted by Crippen LogP contribution is 2.28. The fraction of sp³-hybridized carbons (Fsp3) is 0.500. The number of carbonyl (C=O) groups is 1. The molecule has 2 aliphatic heterocycles. The Morgan fingerprint density at radius 2 is 2.00 bits per heavy atom. The highest BCUT2D eigenvalue weighted by atomic mass is 16.5. The van der Waals surface area contributed by atoms with Crippen LogP contribution < -0.4 is 5.73 Å². The molecule has 18 heavy (non-hydrogen) atoms. The predicted molar refractivity (Wildman–Crippen MR) is 69.4 cm³/mol. The second-order valence-corrected chi connectivity index (χ2v) is 5.20. The monoisotopic (exact) mass is 246 g/mol. The Hall–Kier alpha value is -1.55. The fourth-order valence-electron chi connectivity index (χ4n) is 2.82. The number of nitrogen functional groups attached to an aromatic ring is 1. The number of anilines is 1. The van der Waals surface area contributed by atoms with Gasteiger partial charge in [-0.3, -0.25) is 4.79 Å². The Labute approximate surface area is 107 Å². The predicted octanol–water partition coefficient (Wildman–Crippen LogP) is 1.58. The van der Waals surface area contributed by atoms with Crippen LogP contribution in [0.4, 0.5) is 5.69 Å². The number of nitrogens with zero attached hydrogens (tertiary/aromatic N) is 1. The number of amides is 1. The van der Waals surface area contributed by atoms with Crippen LogP contribution in [-0.4, -0.2) is 36.1 Å². The number of fused-ring (bicyclic) bond motifs is 2. The average molecular weight is 246 g/mol. The molecule has 2 atom stereocenters. The Morgan fingerprint density at radius 3 is 2.67 bits per heavy atom. The second kappa shape index (κ2) is 4.28. The molecule has 2 heterocycles. The van der Waals surface area contributed by atoms with Gasteiger partial charge in [0.25, 0.3) is 5.91 Å². The molecule has 2 saturated heterocycles. The van der Waals surface area contributed by atoms with Gasteiger partial charge in [-0.05, 0) is 31.4 Å². The quantitative estimate of drug-likeness (QED) is 0.765. The Morgan fingerprint density at radius 1 is 1.33 bits per heavy atom. The molecular weight excluding hydrogens is 228 g/mol. The number of ether oxygens (including phenoxy) is 1. The van der Waals surface area contributed by atoms with E-state index in [0.29, 0.717) is 24.3 Å². The van der Waals surface area contributed by atoms with E-state index >= 15 is 0 Å². The van der Waals surface area contributed by atoms with Crippen molar-refractivity contribution in [2.24, 2.45) is 0 Å². The van der Waals surface area contributed by atoms with Crippen LogP contribution in [0.2, 0.25) is 0 Å². The summed E-state index contributed by atoms with van der Waals surface area (Å²) < 4.78 is 5.74. The molecule has 2 fully saturated rings. The van der Waals surface area contributed by atoms with Crippen molar-refractivity contribution in [3.8, 4) is 0 Å². The fourth-order valence-corrected chi connectivity index (χ4v) is 2.82. The summed E-state index contributed by atoms with van der Waals surface area (Å²) in [5.74, 6) is 0.0383. The summed E-state index contributed by atoms with van der Waals surface area (Å²) in [7, 11) is 0. The number of benzene rings is 1. The molecule has 3 rings (SSSR count). The van der Waals surface area contributed by atoms with E-state index in [1.165, 1.54) is 0 Å². The number of morpholine rings is 1. The molecule has 4 nitrogen and oxygen atoms in total. The van der Waals surface area contributed by atoms with Crippen molar-refractivity contribution in [3.63, 3.8) is 0 Å². The second-order valence-electron chi connectivity index (χ2n) is 5.20. The maximum absolute atomic E-state index is 12.5. The maximum Gasteiger partial charge on any atom is 0.256 e. The largest absolute Gasteiger partial charge is 0.398 e. The van der Waals surface area contributed by atoms with Gasteiger partial charge < -0.3 is 15.4 Å². The number of rotatable bonds is 1. The SMILES string of the molecule is Cc1cccc(C(=O)N2CC3CCC(C2)O3)c1N. The Kier molecular flexibility index (Phi) is 2.74.